The van der Waals surface area contributed by atoms with Crippen molar-refractivity contribution in [1.29, 1.82) is 0 Å². The summed E-state index contributed by atoms with van der Waals surface area (Å²) >= 11 is 21.1. The Hall–Kier alpha value is -0.610. The van der Waals surface area contributed by atoms with Gasteiger partial charge in [0.2, 0.25) is 0 Å². The summed E-state index contributed by atoms with van der Waals surface area (Å²) in [6, 6.07) is 6.84. The molecule has 0 N–H and O–H groups in total. The Morgan fingerprint density at radius 3 is 2.53 bits per heavy atom. The van der Waals surface area contributed by atoms with E-state index in [4.69, 9.17) is 34.8 Å². The Morgan fingerprint density at radius 1 is 1.16 bits per heavy atom. The molecule has 0 saturated heterocycles. The lowest BCUT2D eigenvalue weighted by Gasteiger charge is -2.05. The number of nitrogens with zero attached hydrogens (tertiary/aromatic N) is 1. The van der Waals surface area contributed by atoms with Gasteiger partial charge in [-0.2, -0.15) is 0 Å². The van der Waals surface area contributed by atoms with Gasteiger partial charge >= 0.3 is 0 Å². The van der Waals surface area contributed by atoms with Crippen molar-refractivity contribution in [1.82, 2.24) is 4.98 Å². The maximum atomic E-state index is 12.1. The van der Waals surface area contributed by atoms with Crippen molar-refractivity contribution in [2.45, 2.75) is 6.42 Å². The topological polar surface area (TPSA) is 30.0 Å². The first-order valence-corrected chi connectivity index (χ1v) is 7.18. The first-order valence-electron chi connectivity index (χ1n) is 5.25. The highest BCUT2D eigenvalue weighted by atomic mass is 79.9. The first-order chi connectivity index (χ1) is 8.97. The monoisotopic (exact) mass is 377 g/mol. The second-order valence-electron chi connectivity index (χ2n) is 3.82. The highest BCUT2D eigenvalue weighted by Crippen LogP contribution is 2.24. The van der Waals surface area contributed by atoms with Gasteiger partial charge in [0.05, 0.1) is 10.0 Å². The fraction of sp³-hybridized carbons (Fsp3) is 0.0769. The minimum Gasteiger partial charge on any atom is -0.292 e. The van der Waals surface area contributed by atoms with Crippen LogP contribution in [0, 0.1) is 0 Å². The van der Waals surface area contributed by atoms with Gasteiger partial charge in [-0.1, -0.05) is 56.8 Å². The van der Waals surface area contributed by atoms with E-state index in [9.17, 15) is 4.79 Å². The van der Waals surface area contributed by atoms with Crippen LogP contribution < -0.4 is 0 Å². The molecule has 0 aliphatic rings. The molecule has 6 heteroatoms. The van der Waals surface area contributed by atoms with Crippen LogP contribution in [0.15, 0.2) is 34.9 Å². The van der Waals surface area contributed by atoms with Crippen molar-refractivity contribution >= 4 is 56.5 Å². The molecule has 19 heavy (non-hydrogen) atoms. The van der Waals surface area contributed by atoms with Crippen LogP contribution in [-0.4, -0.2) is 10.8 Å². The molecule has 1 aromatic carbocycles. The van der Waals surface area contributed by atoms with Crippen molar-refractivity contribution in [3.63, 3.8) is 0 Å². The Balaban J connectivity index is 2.25. The third kappa shape index (κ3) is 3.69. The summed E-state index contributed by atoms with van der Waals surface area (Å²) in [4.78, 5) is 16.1. The van der Waals surface area contributed by atoms with E-state index < -0.39 is 0 Å². The summed E-state index contributed by atoms with van der Waals surface area (Å²) in [5, 5.41) is 1.15. The zero-order valence-corrected chi connectivity index (χ0v) is 13.3. The molecule has 1 heterocycles. The van der Waals surface area contributed by atoms with Crippen LogP contribution in [0.25, 0.3) is 0 Å². The molecule has 0 amide bonds. The Bertz CT molecular complexity index is 646. The van der Waals surface area contributed by atoms with E-state index in [-0.39, 0.29) is 22.9 Å². The van der Waals surface area contributed by atoms with E-state index in [0.29, 0.717) is 10.0 Å². The van der Waals surface area contributed by atoms with E-state index >= 15 is 0 Å². The summed E-state index contributed by atoms with van der Waals surface area (Å²) in [5.41, 5.74) is 0.924. The Kier molecular flexibility index (Phi) is 4.85. The number of Topliss-reactive ketones (excluding diaryl/α,β-unsaturated/α-hetero) is 1. The van der Waals surface area contributed by atoms with Gasteiger partial charge in [0.15, 0.2) is 5.78 Å². The van der Waals surface area contributed by atoms with E-state index in [1.807, 2.05) is 6.07 Å². The summed E-state index contributed by atoms with van der Waals surface area (Å²) < 4.78 is 0.858. The van der Waals surface area contributed by atoms with Crippen molar-refractivity contribution in [3.05, 3.63) is 61.3 Å². The number of ketones is 1. The fourth-order valence-corrected chi connectivity index (χ4v) is 2.77. The van der Waals surface area contributed by atoms with Gasteiger partial charge in [0, 0.05) is 22.1 Å². The van der Waals surface area contributed by atoms with Crippen molar-refractivity contribution in [2.24, 2.45) is 0 Å². The third-order valence-electron chi connectivity index (χ3n) is 2.44. The number of rotatable bonds is 3. The van der Waals surface area contributed by atoms with Gasteiger partial charge in [-0.05, 0) is 23.8 Å². The fourth-order valence-electron chi connectivity index (χ4n) is 1.54. The van der Waals surface area contributed by atoms with Gasteiger partial charge in [-0.3, -0.25) is 4.79 Å². The van der Waals surface area contributed by atoms with Crippen LogP contribution in [0.5, 0.6) is 0 Å². The maximum absolute atomic E-state index is 12.1. The van der Waals surface area contributed by atoms with Crippen LogP contribution in [0.1, 0.15) is 16.1 Å². The zero-order valence-electron chi connectivity index (χ0n) is 9.46. The predicted octanol–water partition coefficient (Wildman–Crippen LogP) is 5.23. The largest absolute Gasteiger partial charge is 0.292 e. The van der Waals surface area contributed by atoms with Crippen LogP contribution in [-0.2, 0) is 6.42 Å². The number of aromatic nitrogens is 1. The smallest absolute Gasteiger partial charge is 0.187 e. The number of halogens is 4. The van der Waals surface area contributed by atoms with E-state index in [0.717, 1.165) is 10.0 Å². The molecule has 0 fully saturated rings. The van der Waals surface area contributed by atoms with Gasteiger partial charge in [0.1, 0.15) is 5.69 Å². The molecule has 2 rings (SSSR count). The van der Waals surface area contributed by atoms with E-state index in [2.05, 4.69) is 20.9 Å². The SMILES string of the molecule is O=C(Cc1ccc(Br)cc1Cl)c1ncc(Cl)cc1Cl. The molecule has 0 aliphatic carbocycles. The standard InChI is InChI=1S/C13H7BrCl3NO/c14-8-2-1-7(10(16)4-8)3-12(19)13-11(17)5-9(15)6-18-13/h1-2,4-6H,3H2. The number of carbonyl (C=O) groups is 1. The molecule has 2 aromatic rings. The summed E-state index contributed by atoms with van der Waals surface area (Å²) in [7, 11) is 0. The predicted molar refractivity (Wildman–Crippen MR) is 81.4 cm³/mol. The highest BCUT2D eigenvalue weighted by molar-refractivity contribution is 9.10. The molecule has 0 radical (unpaired) electrons. The normalized spacial score (nSPS) is 10.5. The second-order valence-corrected chi connectivity index (χ2v) is 5.99. The molecule has 0 spiro atoms. The highest BCUT2D eigenvalue weighted by Gasteiger charge is 2.15. The maximum Gasteiger partial charge on any atom is 0.187 e. The number of hydrogen-bond acceptors (Lipinski definition) is 2. The summed E-state index contributed by atoms with van der Waals surface area (Å²) in [6.07, 6.45) is 1.53. The van der Waals surface area contributed by atoms with Gasteiger partial charge < -0.3 is 0 Å². The lowest BCUT2D eigenvalue weighted by Crippen LogP contribution is -2.07. The second kappa shape index (κ2) is 6.23. The van der Waals surface area contributed by atoms with E-state index in [1.165, 1.54) is 12.3 Å². The van der Waals surface area contributed by atoms with Gasteiger partial charge in [-0.15, -0.1) is 0 Å². The first kappa shape index (κ1) is 14.8. The Labute approximate surface area is 133 Å². The van der Waals surface area contributed by atoms with Crippen LogP contribution in [0.3, 0.4) is 0 Å². The molecule has 0 saturated carbocycles. The number of carbonyl (C=O) groups excluding carboxylic acids is 1. The van der Waals surface area contributed by atoms with Crippen LogP contribution >= 0.6 is 50.7 Å². The molecular weight excluding hydrogens is 372 g/mol. The zero-order chi connectivity index (χ0) is 14.0. The molecule has 0 atom stereocenters. The van der Waals surface area contributed by atoms with Crippen molar-refractivity contribution < 1.29 is 4.79 Å². The minimum absolute atomic E-state index is 0.139. The average molecular weight is 379 g/mol. The van der Waals surface area contributed by atoms with Gasteiger partial charge in [-0.25, -0.2) is 4.98 Å². The van der Waals surface area contributed by atoms with E-state index in [1.54, 1.807) is 12.1 Å². The molecule has 0 unspecified atom stereocenters. The quantitative estimate of drug-likeness (QED) is 0.684. The molecule has 98 valence electrons. The number of pyridine rings is 1. The van der Waals surface area contributed by atoms with Crippen LogP contribution in [0.2, 0.25) is 15.1 Å². The lowest BCUT2D eigenvalue weighted by molar-refractivity contribution is 0.0988. The summed E-state index contributed by atoms with van der Waals surface area (Å²) in [6.45, 7) is 0. The third-order valence-corrected chi connectivity index (χ3v) is 3.78. The molecule has 0 aliphatic heterocycles. The molecule has 2 nitrogen and oxygen atoms in total. The number of hydrogen-bond donors (Lipinski definition) is 0. The van der Waals surface area contributed by atoms with Crippen molar-refractivity contribution in [2.75, 3.05) is 0 Å². The van der Waals surface area contributed by atoms with Crippen molar-refractivity contribution in [3.8, 4) is 0 Å². The molecule has 0 bridgehead atoms. The Morgan fingerprint density at radius 2 is 1.89 bits per heavy atom. The number of benzene rings is 1. The molecule has 1 aromatic heterocycles. The van der Waals surface area contributed by atoms with Gasteiger partial charge in [0.25, 0.3) is 0 Å². The molecular formula is C13H7BrCl3NO. The minimum atomic E-state index is -0.203. The lowest BCUT2D eigenvalue weighted by atomic mass is 10.1. The summed E-state index contributed by atoms with van der Waals surface area (Å²) in [5.74, 6) is -0.203. The average Bonchev–Trinajstić information content (AvgIpc) is 2.32. The van der Waals surface area contributed by atoms with Crippen LogP contribution in [0.4, 0.5) is 0 Å².